The summed E-state index contributed by atoms with van der Waals surface area (Å²) in [6.45, 7) is 1.32. The number of hydroxylamine groups is 1. The topological polar surface area (TPSA) is 67.8 Å². The van der Waals surface area contributed by atoms with E-state index in [-0.39, 0.29) is 0 Å². The second-order valence-electron chi connectivity index (χ2n) is 7.45. The number of rotatable bonds is 8. The second-order valence-corrected chi connectivity index (χ2v) is 7.45. The van der Waals surface area contributed by atoms with Gasteiger partial charge in [0.15, 0.2) is 0 Å². The molecule has 2 aliphatic heterocycles. The number of benzene rings is 2. The van der Waals surface area contributed by atoms with Gasteiger partial charge < -0.3 is 9.84 Å². The van der Waals surface area contributed by atoms with Gasteiger partial charge in [0.25, 0.3) is 0 Å². The molecular weight excluding hydrogens is 342 g/mol. The van der Waals surface area contributed by atoms with Gasteiger partial charge in [0, 0.05) is 12.5 Å². The molecule has 5 nitrogen and oxygen atoms in total. The average Bonchev–Trinajstić information content (AvgIpc) is 3.29. The standard InChI is InChI=1S/C22H25NO4/c24-22(25)17-8-6-15(7-9-17)12-18-19(21-11-10-20(18)27-21)13-23-26-14-16-4-2-1-3-5-16/h1-9,18-21,23H,10-14H2,(H,24,25)/t18-,19+,20-,21+/m1/s1. The zero-order valence-corrected chi connectivity index (χ0v) is 15.2. The first kappa shape index (κ1) is 18.2. The molecule has 2 aromatic rings. The molecule has 0 saturated carbocycles. The Balaban J connectivity index is 1.33. The van der Waals surface area contributed by atoms with Crippen LogP contribution in [-0.4, -0.2) is 29.8 Å². The van der Waals surface area contributed by atoms with Crippen molar-refractivity contribution < 1.29 is 19.5 Å². The highest BCUT2D eigenvalue weighted by molar-refractivity contribution is 5.87. The summed E-state index contributed by atoms with van der Waals surface area (Å²) in [6.07, 6.45) is 3.74. The summed E-state index contributed by atoms with van der Waals surface area (Å²) in [5.74, 6) is -0.0339. The van der Waals surface area contributed by atoms with Crippen LogP contribution in [-0.2, 0) is 22.6 Å². The van der Waals surface area contributed by atoms with Crippen LogP contribution in [0.15, 0.2) is 54.6 Å². The minimum atomic E-state index is -0.887. The molecule has 2 bridgehead atoms. The molecule has 2 N–H and O–H groups in total. The lowest BCUT2D eigenvalue weighted by molar-refractivity contribution is 0.00870. The predicted octanol–water partition coefficient (Wildman–Crippen LogP) is 3.44. The number of carboxylic acids is 1. The van der Waals surface area contributed by atoms with Gasteiger partial charge in [0.05, 0.1) is 24.4 Å². The fourth-order valence-electron chi connectivity index (χ4n) is 4.36. The number of hydrogen-bond acceptors (Lipinski definition) is 4. The van der Waals surface area contributed by atoms with Crippen LogP contribution in [0.1, 0.15) is 34.3 Å². The van der Waals surface area contributed by atoms with Crippen LogP contribution in [0.2, 0.25) is 0 Å². The van der Waals surface area contributed by atoms with Crippen molar-refractivity contribution >= 4 is 5.97 Å². The van der Waals surface area contributed by atoms with Crippen molar-refractivity contribution in [3.63, 3.8) is 0 Å². The number of carbonyl (C=O) groups is 1. The Morgan fingerprint density at radius 3 is 2.41 bits per heavy atom. The third-order valence-electron chi connectivity index (χ3n) is 5.77. The van der Waals surface area contributed by atoms with E-state index in [0.29, 0.717) is 36.2 Å². The number of hydrogen-bond donors (Lipinski definition) is 2. The van der Waals surface area contributed by atoms with Gasteiger partial charge in [-0.05, 0) is 48.4 Å². The number of fused-ring (bicyclic) bond motifs is 2. The molecule has 2 fully saturated rings. The Kier molecular flexibility index (Phi) is 5.53. The molecule has 2 aromatic carbocycles. The minimum absolute atomic E-state index is 0.297. The molecular formula is C22H25NO4. The summed E-state index contributed by atoms with van der Waals surface area (Å²) in [4.78, 5) is 16.7. The number of ether oxygens (including phenoxy) is 1. The summed E-state index contributed by atoms with van der Waals surface area (Å²) in [5, 5.41) is 9.05. The molecule has 0 spiro atoms. The van der Waals surface area contributed by atoms with E-state index in [1.165, 1.54) is 0 Å². The van der Waals surface area contributed by atoms with Gasteiger partial charge in [-0.3, -0.25) is 4.84 Å². The summed E-state index contributed by atoms with van der Waals surface area (Å²) in [5.41, 5.74) is 5.78. The third-order valence-corrected chi connectivity index (χ3v) is 5.77. The Bertz CT molecular complexity index is 762. The number of aromatic carboxylic acids is 1. The Morgan fingerprint density at radius 1 is 1.00 bits per heavy atom. The van der Waals surface area contributed by atoms with E-state index in [4.69, 9.17) is 14.7 Å². The molecule has 0 radical (unpaired) electrons. The molecule has 142 valence electrons. The Labute approximate surface area is 159 Å². The Morgan fingerprint density at radius 2 is 1.70 bits per heavy atom. The highest BCUT2D eigenvalue weighted by Crippen LogP contribution is 2.44. The molecule has 0 unspecified atom stereocenters. The van der Waals surface area contributed by atoms with E-state index in [9.17, 15) is 4.79 Å². The molecule has 4 atom stereocenters. The lowest BCUT2D eigenvalue weighted by Crippen LogP contribution is -2.36. The van der Waals surface area contributed by atoms with Gasteiger partial charge in [-0.1, -0.05) is 42.5 Å². The van der Waals surface area contributed by atoms with Gasteiger partial charge in [0.1, 0.15) is 0 Å². The van der Waals surface area contributed by atoms with Crippen LogP contribution in [0.25, 0.3) is 0 Å². The van der Waals surface area contributed by atoms with E-state index in [1.54, 1.807) is 12.1 Å². The largest absolute Gasteiger partial charge is 0.478 e. The first-order valence-corrected chi connectivity index (χ1v) is 9.57. The third kappa shape index (κ3) is 4.21. The van der Waals surface area contributed by atoms with Crippen LogP contribution in [0, 0.1) is 11.8 Å². The molecule has 0 amide bonds. The Hall–Kier alpha value is -2.21. The quantitative estimate of drug-likeness (QED) is 0.553. The highest BCUT2D eigenvalue weighted by atomic mass is 16.6. The van der Waals surface area contributed by atoms with Crippen molar-refractivity contribution in [2.24, 2.45) is 11.8 Å². The molecule has 4 rings (SSSR count). The summed E-state index contributed by atoms with van der Waals surface area (Å²) in [6, 6.07) is 17.3. The number of nitrogens with one attached hydrogen (secondary N) is 1. The van der Waals surface area contributed by atoms with Crippen molar-refractivity contribution in [2.45, 2.75) is 38.1 Å². The van der Waals surface area contributed by atoms with Gasteiger partial charge in [-0.2, -0.15) is 0 Å². The fraction of sp³-hybridized carbons (Fsp3) is 0.409. The van der Waals surface area contributed by atoms with Gasteiger partial charge in [-0.15, -0.1) is 0 Å². The van der Waals surface area contributed by atoms with Crippen LogP contribution in [0.3, 0.4) is 0 Å². The second kappa shape index (κ2) is 8.21. The molecule has 5 heteroatoms. The van der Waals surface area contributed by atoms with Crippen LogP contribution < -0.4 is 5.48 Å². The van der Waals surface area contributed by atoms with E-state index >= 15 is 0 Å². The van der Waals surface area contributed by atoms with Gasteiger partial charge >= 0.3 is 5.97 Å². The van der Waals surface area contributed by atoms with Crippen molar-refractivity contribution in [1.82, 2.24) is 5.48 Å². The molecule has 2 aliphatic rings. The summed E-state index contributed by atoms with van der Waals surface area (Å²) >= 11 is 0. The van der Waals surface area contributed by atoms with E-state index < -0.39 is 5.97 Å². The van der Waals surface area contributed by atoms with E-state index in [1.807, 2.05) is 42.5 Å². The van der Waals surface area contributed by atoms with Crippen LogP contribution in [0.4, 0.5) is 0 Å². The van der Waals surface area contributed by atoms with Crippen molar-refractivity contribution in [2.75, 3.05) is 6.54 Å². The molecule has 0 aliphatic carbocycles. The van der Waals surface area contributed by atoms with Crippen LogP contribution in [0.5, 0.6) is 0 Å². The van der Waals surface area contributed by atoms with Gasteiger partial charge in [-0.25, -0.2) is 10.3 Å². The SMILES string of the molecule is O=C(O)c1ccc(C[C@@H]2[C@H](CNOCc3ccccc3)[C@@H]3CC[C@H]2O3)cc1. The lowest BCUT2D eigenvalue weighted by Gasteiger charge is -2.28. The maximum Gasteiger partial charge on any atom is 0.335 e. The molecule has 27 heavy (non-hydrogen) atoms. The minimum Gasteiger partial charge on any atom is -0.478 e. The normalized spacial score (nSPS) is 26.4. The van der Waals surface area contributed by atoms with Gasteiger partial charge in [0.2, 0.25) is 0 Å². The summed E-state index contributed by atoms with van der Waals surface area (Å²) in [7, 11) is 0. The molecule has 2 heterocycles. The first-order chi connectivity index (χ1) is 13.2. The molecule has 2 saturated heterocycles. The van der Waals surface area contributed by atoms with E-state index in [2.05, 4.69) is 5.48 Å². The maximum atomic E-state index is 11.0. The highest BCUT2D eigenvalue weighted by Gasteiger charge is 2.48. The maximum absolute atomic E-state index is 11.0. The average molecular weight is 367 g/mol. The van der Waals surface area contributed by atoms with Crippen molar-refractivity contribution in [3.8, 4) is 0 Å². The summed E-state index contributed by atoms with van der Waals surface area (Å²) < 4.78 is 6.16. The van der Waals surface area contributed by atoms with E-state index in [0.717, 1.165) is 36.9 Å². The van der Waals surface area contributed by atoms with Crippen molar-refractivity contribution in [3.05, 3.63) is 71.3 Å². The zero-order chi connectivity index (χ0) is 18.6. The van der Waals surface area contributed by atoms with Crippen LogP contribution >= 0.6 is 0 Å². The number of carboxylic acid groups (broad SMARTS) is 1. The predicted molar refractivity (Wildman–Crippen MR) is 101 cm³/mol. The first-order valence-electron chi connectivity index (χ1n) is 9.57. The molecule has 0 aromatic heterocycles. The van der Waals surface area contributed by atoms with Crippen molar-refractivity contribution in [1.29, 1.82) is 0 Å². The fourth-order valence-corrected chi connectivity index (χ4v) is 4.36. The lowest BCUT2D eigenvalue weighted by atomic mass is 9.76. The monoisotopic (exact) mass is 367 g/mol. The zero-order valence-electron chi connectivity index (χ0n) is 15.2. The smallest absolute Gasteiger partial charge is 0.335 e.